The topological polar surface area (TPSA) is 42.8 Å². The molecule has 1 aromatic heterocycles. The molecule has 0 radical (unpaired) electrons. The first-order chi connectivity index (χ1) is 8.08. The van der Waals surface area contributed by atoms with Crippen molar-refractivity contribution in [2.75, 3.05) is 0 Å². The molecule has 1 heterocycles. The van der Waals surface area contributed by atoms with Gasteiger partial charge in [-0.2, -0.15) is 5.10 Å². The number of nitrogens with one attached hydrogen (secondary N) is 1. The number of hydrogen-bond acceptors (Lipinski definition) is 3. The number of rotatable bonds is 3. The van der Waals surface area contributed by atoms with Gasteiger partial charge >= 0.3 is 0 Å². The van der Waals surface area contributed by atoms with Crippen LogP contribution >= 0.6 is 23.8 Å². The van der Waals surface area contributed by atoms with E-state index < -0.39 is 0 Å². The van der Waals surface area contributed by atoms with Crippen molar-refractivity contribution in [1.82, 2.24) is 14.8 Å². The predicted molar refractivity (Wildman–Crippen MR) is 68.9 cm³/mol. The van der Waals surface area contributed by atoms with Gasteiger partial charge in [0, 0.05) is 12.1 Å². The van der Waals surface area contributed by atoms with Crippen molar-refractivity contribution >= 4 is 23.8 Å². The standard InChI is InChI=1S/C11H12ClN3OS/c1-7-3-4-8(12)5-9(7)16-6-10-13-14-11(17)15(10)2/h3-5H,6H2,1-2H3,(H,14,17). The van der Waals surface area contributed by atoms with Gasteiger partial charge in [0.1, 0.15) is 12.4 Å². The highest BCUT2D eigenvalue weighted by Gasteiger charge is 2.05. The van der Waals surface area contributed by atoms with E-state index in [9.17, 15) is 0 Å². The minimum atomic E-state index is 0.352. The van der Waals surface area contributed by atoms with Crippen LogP contribution in [0.25, 0.3) is 0 Å². The van der Waals surface area contributed by atoms with Gasteiger partial charge < -0.3 is 9.30 Å². The number of benzene rings is 1. The molecule has 4 nitrogen and oxygen atoms in total. The quantitative estimate of drug-likeness (QED) is 0.871. The highest BCUT2D eigenvalue weighted by Crippen LogP contribution is 2.23. The molecule has 0 bridgehead atoms. The Balaban J connectivity index is 2.15. The lowest BCUT2D eigenvalue weighted by Crippen LogP contribution is -2.04. The van der Waals surface area contributed by atoms with Gasteiger partial charge in [-0.15, -0.1) is 0 Å². The Morgan fingerprint density at radius 3 is 2.94 bits per heavy atom. The van der Waals surface area contributed by atoms with Gasteiger partial charge in [-0.05, 0) is 36.8 Å². The summed E-state index contributed by atoms with van der Waals surface area (Å²) < 4.78 is 8.01. The Labute approximate surface area is 109 Å². The number of aromatic amines is 1. The molecule has 0 aliphatic heterocycles. The summed E-state index contributed by atoms with van der Waals surface area (Å²) in [5.41, 5.74) is 1.03. The third-order valence-electron chi connectivity index (χ3n) is 2.48. The lowest BCUT2D eigenvalue weighted by Gasteiger charge is -2.08. The lowest BCUT2D eigenvalue weighted by atomic mass is 10.2. The fourth-order valence-electron chi connectivity index (χ4n) is 1.38. The summed E-state index contributed by atoms with van der Waals surface area (Å²) in [6, 6.07) is 5.54. The summed E-state index contributed by atoms with van der Waals surface area (Å²) in [6.07, 6.45) is 0. The zero-order valence-corrected chi connectivity index (χ0v) is 11.1. The number of H-pyrrole nitrogens is 1. The largest absolute Gasteiger partial charge is 0.485 e. The Kier molecular flexibility index (Phi) is 3.49. The van der Waals surface area contributed by atoms with Gasteiger partial charge in [-0.1, -0.05) is 17.7 Å². The molecule has 0 amide bonds. The normalized spacial score (nSPS) is 10.5. The number of hydrogen-bond donors (Lipinski definition) is 1. The Morgan fingerprint density at radius 1 is 1.53 bits per heavy atom. The summed E-state index contributed by atoms with van der Waals surface area (Å²) in [5.74, 6) is 1.50. The number of nitrogens with zero attached hydrogens (tertiary/aromatic N) is 2. The van der Waals surface area contributed by atoms with E-state index in [1.54, 1.807) is 10.6 Å². The molecule has 0 saturated heterocycles. The minimum Gasteiger partial charge on any atom is -0.485 e. The van der Waals surface area contributed by atoms with Gasteiger partial charge in [-0.3, -0.25) is 5.10 Å². The van der Waals surface area contributed by atoms with E-state index in [4.69, 9.17) is 28.6 Å². The van der Waals surface area contributed by atoms with Crippen LogP contribution in [0.2, 0.25) is 5.02 Å². The Morgan fingerprint density at radius 2 is 2.29 bits per heavy atom. The van der Waals surface area contributed by atoms with Crippen molar-refractivity contribution in [3.05, 3.63) is 39.4 Å². The summed E-state index contributed by atoms with van der Waals surface area (Å²) in [5, 5.41) is 7.43. The number of aromatic nitrogens is 3. The molecule has 0 aliphatic rings. The monoisotopic (exact) mass is 269 g/mol. The van der Waals surface area contributed by atoms with E-state index in [0.29, 0.717) is 16.4 Å². The molecule has 90 valence electrons. The molecule has 2 rings (SSSR count). The molecular weight excluding hydrogens is 258 g/mol. The number of ether oxygens (including phenoxy) is 1. The van der Waals surface area contributed by atoms with Crippen molar-refractivity contribution in [2.24, 2.45) is 7.05 Å². The van der Waals surface area contributed by atoms with Crippen molar-refractivity contribution < 1.29 is 4.74 Å². The van der Waals surface area contributed by atoms with Crippen molar-refractivity contribution in [3.8, 4) is 5.75 Å². The van der Waals surface area contributed by atoms with Gasteiger partial charge in [0.2, 0.25) is 0 Å². The van der Waals surface area contributed by atoms with Gasteiger partial charge in [0.05, 0.1) is 0 Å². The molecule has 0 unspecified atom stereocenters. The third kappa shape index (κ3) is 2.68. The van der Waals surface area contributed by atoms with Crippen LogP contribution < -0.4 is 4.74 Å². The summed E-state index contributed by atoms with van der Waals surface area (Å²) in [7, 11) is 1.84. The van der Waals surface area contributed by atoms with E-state index in [-0.39, 0.29) is 0 Å². The maximum atomic E-state index is 5.91. The highest BCUT2D eigenvalue weighted by atomic mass is 35.5. The average Bonchev–Trinajstić information content (AvgIpc) is 2.62. The SMILES string of the molecule is Cc1ccc(Cl)cc1OCc1n[nH]c(=S)n1C. The van der Waals surface area contributed by atoms with Crippen LogP contribution in [0.15, 0.2) is 18.2 Å². The molecule has 17 heavy (non-hydrogen) atoms. The second-order valence-corrected chi connectivity index (χ2v) is 4.53. The van der Waals surface area contributed by atoms with E-state index >= 15 is 0 Å². The molecule has 1 aromatic carbocycles. The summed E-state index contributed by atoms with van der Waals surface area (Å²) in [4.78, 5) is 0. The Bertz CT molecular complexity index is 591. The van der Waals surface area contributed by atoms with Crippen LogP contribution in [-0.2, 0) is 13.7 Å². The van der Waals surface area contributed by atoms with E-state index in [0.717, 1.165) is 17.1 Å². The second-order valence-electron chi connectivity index (χ2n) is 3.70. The summed E-state index contributed by atoms with van der Waals surface area (Å²) in [6.45, 7) is 2.32. The van der Waals surface area contributed by atoms with Crippen LogP contribution in [0.1, 0.15) is 11.4 Å². The van der Waals surface area contributed by atoms with Crippen molar-refractivity contribution in [3.63, 3.8) is 0 Å². The molecule has 2 aromatic rings. The molecule has 0 spiro atoms. The van der Waals surface area contributed by atoms with E-state index in [2.05, 4.69) is 10.2 Å². The lowest BCUT2D eigenvalue weighted by molar-refractivity contribution is 0.289. The molecule has 6 heteroatoms. The van der Waals surface area contributed by atoms with E-state index in [1.165, 1.54) is 0 Å². The molecular formula is C11H12ClN3OS. The fourth-order valence-corrected chi connectivity index (χ4v) is 1.69. The van der Waals surface area contributed by atoms with Gasteiger partial charge in [0.15, 0.2) is 10.6 Å². The third-order valence-corrected chi connectivity index (χ3v) is 3.08. The van der Waals surface area contributed by atoms with Crippen LogP contribution in [0.5, 0.6) is 5.75 Å². The number of aryl methyl sites for hydroxylation is 1. The summed E-state index contributed by atoms with van der Waals surface area (Å²) >= 11 is 10.9. The molecule has 0 saturated carbocycles. The van der Waals surface area contributed by atoms with Crippen LogP contribution in [-0.4, -0.2) is 14.8 Å². The van der Waals surface area contributed by atoms with Gasteiger partial charge in [-0.25, -0.2) is 0 Å². The zero-order valence-electron chi connectivity index (χ0n) is 9.53. The van der Waals surface area contributed by atoms with Crippen LogP contribution in [0, 0.1) is 11.7 Å². The molecule has 0 fully saturated rings. The fraction of sp³-hybridized carbons (Fsp3) is 0.273. The molecule has 0 aliphatic carbocycles. The molecule has 1 N–H and O–H groups in total. The first-order valence-electron chi connectivity index (χ1n) is 5.07. The van der Waals surface area contributed by atoms with Crippen molar-refractivity contribution in [2.45, 2.75) is 13.5 Å². The Hall–Kier alpha value is -1.33. The first-order valence-corrected chi connectivity index (χ1v) is 5.86. The predicted octanol–water partition coefficient (Wildman–Crippen LogP) is 3.02. The zero-order chi connectivity index (χ0) is 12.4. The van der Waals surface area contributed by atoms with E-state index in [1.807, 2.05) is 26.1 Å². The van der Waals surface area contributed by atoms with Crippen LogP contribution in [0.3, 0.4) is 0 Å². The first kappa shape index (κ1) is 12.1. The maximum absolute atomic E-state index is 5.91. The van der Waals surface area contributed by atoms with Gasteiger partial charge in [0.25, 0.3) is 0 Å². The van der Waals surface area contributed by atoms with Crippen LogP contribution in [0.4, 0.5) is 0 Å². The maximum Gasteiger partial charge on any atom is 0.194 e. The molecule has 0 atom stereocenters. The number of halogens is 1. The van der Waals surface area contributed by atoms with Crippen molar-refractivity contribution in [1.29, 1.82) is 0 Å². The smallest absolute Gasteiger partial charge is 0.194 e. The minimum absolute atomic E-state index is 0.352. The highest BCUT2D eigenvalue weighted by molar-refractivity contribution is 7.71. The second kappa shape index (κ2) is 4.89. The average molecular weight is 270 g/mol.